The highest BCUT2D eigenvalue weighted by Crippen LogP contribution is 2.27. The normalized spacial score (nSPS) is 10.0. The van der Waals surface area contributed by atoms with Crippen molar-refractivity contribution >= 4 is 29.3 Å². The van der Waals surface area contributed by atoms with Gasteiger partial charge < -0.3 is 5.32 Å². The fourth-order valence-corrected chi connectivity index (χ4v) is 1.74. The maximum Gasteiger partial charge on any atom is 0.235 e. The number of nitrogens with one attached hydrogen (secondary N) is 1. The molecule has 0 bridgehead atoms. The predicted octanol–water partition coefficient (Wildman–Crippen LogP) is 3.85. The summed E-state index contributed by atoms with van der Waals surface area (Å²) in [6.07, 6.45) is 1.90. The minimum atomic E-state index is 0.506. The lowest BCUT2D eigenvalue weighted by Crippen LogP contribution is -1.97. The molecule has 1 radical (unpaired) electrons. The van der Waals surface area contributed by atoms with E-state index in [-0.39, 0.29) is 0 Å². The molecule has 0 saturated heterocycles. The van der Waals surface area contributed by atoms with Crippen molar-refractivity contribution in [3.8, 4) is 0 Å². The molecule has 0 aliphatic carbocycles. The van der Waals surface area contributed by atoms with Gasteiger partial charge in [-0.2, -0.15) is 0 Å². The molecule has 0 saturated carbocycles. The van der Waals surface area contributed by atoms with Crippen molar-refractivity contribution in [2.75, 3.05) is 5.32 Å². The first-order valence-electron chi connectivity index (χ1n) is 5.21. The van der Waals surface area contributed by atoms with Crippen LogP contribution in [0.4, 0.5) is 11.4 Å². The predicted molar refractivity (Wildman–Crippen MR) is 70.7 cm³/mol. The first kappa shape index (κ1) is 11.7. The van der Waals surface area contributed by atoms with Crippen molar-refractivity contribution < 1.29 is 4.79 Å². The van der Waals surface area contributed by atoms with E-state index >= 15 is 0 Å². The molecule has 0 unspecified atom stereocenters. The summed E-state index contributed by atoms with van der Waals surface area (Å²) < 4.78 is 0. The van der Waals surface area contributed by atoms with Crippen LogP contribution in [-0.4, -0.2) is 6.29 Å². The topological polar surface area (TPSA) is 29.1 Å². The standard InChI is InChI=1S/C14H11ClNO/c1-10-12(15)6-4-8-13(10)16-14-7-3-2-5-11(14)9-17/h2-8,16H,1H3. The van der Waals surface area contributed by atoms with Crippen LogP contribution in [-0.2, 0) is 4.79 Å². The summed E-state index contributed by atoms with van der Waals surface area (Å²) in [4.78, 5) is 10.8. The number of hydrogen-bond acceptors (Lipinski definition) is 2. The molecule has 2 aromatic carbocycles. The molecule has 2 aromatic rings. The van der Waals surface area contributed by atoms with Gasteiger partial charge >= 0.3 is 0 Å². The summed E-state index contributed by atoms with van der Waals surface area (Å²) in [5.41, 5.74) is 3.08. The second kappa shape index (κ2) is 5.02. The zero-order valence-corrected chi connectivity index (χ0v) is 10.1. The Morgan fingerprint density at radius 2 is 1.76 bits per heavy atom. The summed E-state index contributed by atoms with van der Waals surface area (Å²) in [6.45, 7) is 1.93. The van der Waals surface area contributed by atoms with Gasteiger partial charge in [0.15, 0.2) is 0 Å². The third-order valence-corrected chi connectivity index (χ3v) is 2.98. The third-order valence-electron chi connectivity index (χ3n) is 2.57. The van der Waals surface area contributed by atoms with Gasteiger partial charge in [0, 0.05) is 22.0 Å². The maximum atomic E-state index is 10.8. The van der Waals surface area contributed by atoms with E-state index in [1.165, 1.54) is 0 Å². The average molecular weight is 245 g/mol. The Kier molecular flexibility index (Phi) is 3.45. The van der Waals surface area contributed by atoms with Gasteiger partial charge in [0.05, 0.1) is 0 Å². The molecule has 0 amide bonds. The molecule has 2 rings (SSSR count). The Labute approximate surface area is 105 Å². The molecule has 0 aromatic heterocycles. The van der Waals surface area contributed by atoms with E-state index in [9.17, 15) is 4.79 Å². The minimum Gasteiger partial charge on any atom is -0.355 e. The van der Waals surface area contributed by atoms with Crippen LogP contribution in [0.3, 0.4) is 0 Å². The molecule has 0 atom stereocenters. The Morgan fingerprint density at radius 1 is 1.06 bits per heavy atom. The molecule has 0 spiro atoms. The summed E-state index contributed by atoms with van der Waals surface area (Å²) in [7, 11) is 0. The average Bonchev–Trinajstić information content (AvgIpc) is 2.35. The van der Waals surface area contributed by atoms with Crippen LogP contribution in [0.25, 0.3) is 0 Å². The largest absolute Gasteiger partial charge is 0.355 e. The lowest BCUT2D eigenvalue weighted by atomic mass is 10.1. The quantitative estimate of drug-likeness (QED) is 0.889. The summed E-state index contributed by atoms with van der Waals surface area (Å²) in [5, 5.41) is 3.88. The second-order valence-corrected chi connectivity index (χ2v) is 4.09. The highest BCUT2D eigenvalue weighted by molar-refractivity contribution is 6.31. The summed E-state index contributed by atoms with van der Waals surface area (Å²) in [6, 6.07) is 12.8. The summed E-state index contributed by atoms with van der Waals surface area (Å²) >= 11 is 6.04. The van der Waals surface area contributed by atoms with E-state index in [2.05, 4.69) is 5.32 Å². The second-order valence-electron chi connectivity index (χ2n) is 3.69. The molecule has 0 aliphatic rings. The fourth-order valence-electron chi connectivity index (χ4n) is 1.57. The van der Waals surface area contributed by atoms with Crippen LogP contribution < -0.4 is 5.32 Å². The molecule has 0 aliphatic heterocycles. The van der Waals surface area contributed by atoms with E-state index in [1.807, 2.05) is 43.5 Å². The number of benzene rings is 2. The van der Waals surface area contributed by atoms with Crippen molar-refractivity contribution in [1.82, 2.24) is 0 Å². The molecule has 3 heteroatoms. The zero-order valence-electron chi connectivity index (χ0n) is 9.33. The SMILES string of the molecule is Cc1c(Cl)cccc1Nc1ccccc1[C]=O. The molecule has 2 nitrogen and oxygen atoms in total. The van der Waals surface area contributed by atoms with E-state index in [0.717, 1.165) is 16.9 Å². The van der Waals surface area contributed by atoms with Gasteiger partial charge in [0.25, 0.3) is 0 Å². The van der Waals surface area contributed by atoms with Crippen LogP contribution in [0.15, 0.2) is 42.5 Å². The van der Waals surface area contributed by atoms with E-state index < -0.39 is 0 Å². The van der Waals surface area contributed by atoms with E-state index in [0.29, 0.717) is 10.6 Å². The van der Waals surface area contributed by atoms with Gasteiger partial charge in [-0.1, -0.05) is 29.8 Å². The lowest BCUT2D eigenvalue weighted by Gasteiger charge is -2.11. The van der Waals surface area contributed by atoms with E-state index in [4.69, 9.17) is 11.6 Å². The Balaban J connectivity index is 2.38. The molecule has 17 heavy (non-hydrogen) atoms. The van der Waals surface area contributed by atoms with Crippen molar-refractivity contribution in [1.29, 1.82) is 0 Å². The maximum absolute atomic E-state index is 10.8. The first-order valence-corrected chi connectivity index (χ1v) is 5.59. The fraction of sp³-hybridized carbons (Fsp3) is 0.0714. The van der Waals surface area contributed by atoms with Crippen molar-refractivity contribution in [2.24, 2.45) is 0 Å². The molecule has 1 N–H and O–H groups in total. The highest BCUT2D eigenvalue weighted by Gasteiger charge is 2.05. The molecular formula is C14H11ClNO. The summed E-state index contributed by atoms with van der Waals surface area (Å²) in [5.74, 6) is 0. The lowest BCUT2D eigenvalue weighted by molar-refractivity contribution is 0.563. The number of rotatable bonds is 3. The van der Waals surface area contributed by atoms with Crippen LogP contribution in [0.2, 0.25) is 5.02 Å². The number of para-hydroxylation sites is 1. The Hall–Kier alpha value is -1.80. The van der Waals surface area contributed by atoms with Crippen molar-refractivity contribution in [3.63, 3.8) is 0 Å². The molecule has 0 heterocycles. The van der Waals surface area contributed by atoms with Crippen LogP contribution in [0.5, 0.6) is 0 Å². The van der Waals surface area contributed by atoms with Gasteiger partial charge in [0.1, 0.15) is 0 Å². The van der Waals surface area contributed by atoms with Crippen molar-refractivity contribution in [3.05, 3.63) is 58.6 Å². The molecule has 0 fully saturated rings. The number of anilines is 2. The smallest absolute Gasteiger partial charge is 0.235 e. The van der Waals surface area contributed by atoms with E-state index in [1.54, 1.807) is 12.1 Å². The Bertz CT molecular complexity index is 552. The van der Waals surface area contributed by atoms with Gasteiger partial charge in [0.2, 0.25) is 6.29 Å². The van der Waals surface area contributed by atoms with Gasteiger partial charge in [-0.05, 0) is 36.8 Å². The zero-order chi connectivity index (χ0) is 12.3. The highest BCUT2D eigenvalue weighted by atomic mass is 35.5. The number of hydrogen-bond donors (Lipinski definition) is 1. The van der Waals surface area contributed by atoms with Gasteiger partial charge in [-0.15, -0.1) is 0 Å². The minimum absolute atomic E-state index is 0.506. The third kappa shape index (κ3) is 2.48. The van der Waals surface area contributed by atoms with Crippen molar-refractivity contribution in [2.45, 2.75) is 6.92 Å². The number of carbonyl (C=O) groups excluding carboxylic acids is 1. The van der Waals surface area contributed by atoms with Crippen LogP contribution in [0, 0.1) is 6.92 Å². The Morgan fingerprint density at radius 3 is 2.53 bits per heavy atom. The van der Waals surface area contributed by atoms with Gasteiger partial charge in [-0.3, -0.25) is 4.79 Å². The number of halogens is 1. The first-order chi connectivity index (χ1) is 8.22. The molecular weight excluding hydrogens is 234 g/mol. The van der Waals surface area contributed by atoms with Gasteiger partial charge in [-0.25, -0.2) is 0 Å². The molecule has 85 valence electrons. The van der Waals surface area contributed by atoms with Crippen LogP contribution >= 0.6 is 11.6 Å². The monoisotopic (exact) mass is 244 g/mol. The van der Waals surface area contributed by atoms with Crippen LogP contribution in [0.1, 0.15) is 11.1 Å².